The van der Waals surface area contributed by atoms with Crippen LogP contribution in [0.1, 0.15) is 23.0 Å². The molecule has 0 saturated heterocycles. The van der Waals surface area contributed by atoms with Crippen LogP contribution in [0.4, 0.5) is 9.52 Å². The molecule has 1 heterocycles. The number of carbonyl (C=O) groups excluding carboxylic acids is 1. The van der Waals surface area contributed by atoms with Crippen molar-refractivity contribution in [3.8, 4) is 0 Å². The zero-order valence-electron chi connectivity index (χ0n) is 10.2. The smallest absolute Gasteiger partial charge is 0.260 e. The van der Waals surface area contributed by atoms with Crippen molar-refractivity contribution >= 4 is 39.7 Å². The number of nitrogens with one attached hydrogen (secondary N) is 1. The van der Waals surface area contributed by atoms with Crippen molar-refractivity contribution in [1.82, 2.24) is 4.98 Å². The van der Waals surface area contributed by atoms with Gasteiger partial charge in [-0.3, -0.25) is 10.1 Å². The van der Waals surface area contributed by atoms with Gasteiger partial charge in [0.05, 0.1) is 5.56 Å². The van der Waals surface area contributed by atoms with Crippen molar-refractivity contribution in [1.29, 1.82) is 0 Å². The van der Waals surface area contributed by atoms with Crippen molar-refractivity contribution in [2.75, 3.05) is 5.32 Å². The number of thiazole rings is 1. The van der Waals surface area contributed by atoms with Gasteiger partial charge in [0.1, 0.15) is 17.2 Å². The molecule has 0 atom stereocenters. The number of oxime groups is 1. The van der Waals surface area contributed by atoms with Crippen LogP contribution in [0.3, 0.4) is 0 Å². The number of rotatable bonds is 3. The summed E-state index contributed by atoms with van der Waals surface area (Å²) >= 11 is 6.76. The molecule has 0 aliphatic heterocycles. The maximum absolute atomic E-state index is 13.6. The highest BCUT2D eigenvalue weighted by atomic mass is 35.5. The molecule has 1 aromatic heterocycles. The van der Waals surface area contributed by atoms with Crippen molar-refractivity contribution in [3.05, 3.63) is 45.7 Å². The largest absolute Gasteiger partial charge is 0.411 e. The summed E-state index contributed by atoms with van der Waals surface area (Å²) in [5.74, 6) is -1.33. The normalized spacial score (nSPS) is 11.4. The molecule has 0 spiro atoms. The quantitative estimate of drug-likeness (QED) is 0.518. The van der Waals surface area contributed by atoms with Crippen molar-refractivity contribution < 1.29 is 14.4 Å². The van der Waals surface area contributed by atoms with E-state index in [9.17, 15) is 9.18 Å². The second-order valence-corrected chi connectivity index (χ2v) is 5.10. The summed E-state index contributed by atoms with van der Waals surface area (Å²) in [5, 5.41) is 16.2. The number of nitrogens with zero attached hydrogens (tertiary/aromatic N) is 2. The predicted molar refractivity (Wildman–Crippen MR) is 75.5 cm³/mol. The molecular weight excluding hydrogens is 305 g/mol. The Kier molecular flexibility index (Phi) is 4.31. The average Bonchev–Trinajstić information content (AvgIpc) is 2.86. The number of hydrogen-bond donors (Lipinski definition) is 2. The molecule has 0 radical (unpaired) electrons. The molecule has 20 heavy (non-hydrogen) atoms. The van der Waals surface area contributed by atoms with Gasteiger partial charge in [0.2, 0.25) is 0 Å². The van der Waals surface area contributed by atoms with Gasteiger partial charge in [0.15, 0.2) is 5.13 Å². The van der Waals surface area contributed by atoms with Gasteiger partial charge in [-0.15, -0.1) is 11.3 Å². The van der Waals surface area contributed by atoms with E-state index < -0.39 is 11.7 Å². The van der Waals surface area contributed by atoms with Crippen LogP contribution in [-0.2, 0) is 0 Å². The van der Waals surface area contributed by atoms with Gasteiger partial charge in [0.25, 0.3) is 5.91 Å². The molecule has 2 rings (SSSR count). The van der Waals surface area contributed by atoms with E-state index in [0.29, 0.717) is 11.4 Å². The molecule has 104 valence electrons. The fourth-order valence-electron chi connectivity index (χ4n) is 1.39. The fourth-order valence-corrected chi connectivity index (χ4v) is 2.29. The SMILES string of the molecule is CC(=NO)c1csc(NC(=O)c2ccc(Cl)cc2F)n1. The van der Waals surface area contributed by atoms with Gasteiger partial charge in [-0.25, -0.2) is 9.37 Å². The molecular formula is C12H9ClFN3O2S. The van der Waals surface area contributed by atoms with E-state index in [4.69, 9.17) is 16.8 Å². The minimum atomic E-state index is -0.708. The van der Waals surface area contributed by atoms with Crippen LogP contribution in [0, 0.1) is 5.82 Å². The topological polar surface area (TPSA) is 74.6 Å². The van der Waals surface area contributed by atoms with E-state index in [1.165, 1.54) is 12.1 Å². The number of anilines is 1. The number of carbonyl (C=O) groups is 1. The molecule has 0 aliphatic carbocycles. The Labute approximate surface area is 122 Å². The van der Waals surface area contributed by atoms with Crippen LogP contribution in [0.5, 0.6) is 0 Å². The number of hydrogen-bond acceptors (Lipinski definition) is 5. The molecule has 8 heteroatoms. The molecule has 2 N–H and O–H groups in total. The first-order chi connectivity index (χ1) is 9.51. The summed E-state index contributed by atoms with van der Waals surface area (Å²) in [6, 6.07) is 3.78. The summed E-state index contributed by atoms with van der Waals surface area (Å²) in [5.41, 5.74) is 0.627. The van der Waals surface area contributed by atoms with Crippen molar-refractivity contribution in [2.24, 2.45) is 5.16 Å². The van der Waals surface area contributed by atoms with Crippen LogP contribution in [0.15, 0.2) is 28.7 Å². The lowest BCUT2D eigenvalue weighted by Gasteiger charge is -2.03. The monoisotopic (exact) mass is 313 g/mol. The summed E-state index contributed by atoms with van der Waals surface area (Å²) in [4.78, 5) is 15.9. The minimum Gasteiger partial charge on any atom is -0.411 e. The van der Waals surface area contributed by atoms with Gasteiger partial charge in [-0.05, 0) is 25.1 Å². The van der Waals surface area contributed by atoms with E-state index in [1.54, 1.807) is 12.3 Å². The van der Waals surface area contributed by atoms with E-state index >= 15 is 0 Å². The van der Waals surface area contributed by atoms with E-state index in [1.807, 2.05) is 0 Å². The summed E-state index contributed by atoms with van der Waals surface area (Å²) < 4.78 is 13.6. The number of aromatic nitrogens is 1. The Morgan fingerprint density at radius 1 is 1.55 bits per heavy atom. The zero-order valence-corrected chi connectivity index (χ0v) is 11.8. The molecule has 1 amide bonds. The molecule has 1 aromatic carbocycles. The third kappa shape index (κ3) is 3.12. The molecule has 0 aliphatic rings. The molecule has 2 aromatic rings. The Bertz CT molecular complexity index is 687. The lowest BCUT2D eigenvalue weighted by Crippen LogP contribution is -2.13. The van der Waals surface area contributed by atoms with Gasteiger partial charge in [0, 0.05) is 10.4 Å². The Balaban J connectivity index is 2.17. The highest BCUT2D eigenvalue weighted by Crippen LogP contribution is 2.19. The summed E-state index contributed by atoms with van der Waals surface area (Å²) in [6.07, 6.45) is 0. The van der Waals surface area contributed by atoms with Crippen LogP contribution < -0.4 is 5.32 Å². The lowest BCUT2D eigenvalue weighted by atomic mass is 10.2. The van der Waals surface area contributed by atoms with Crippen LogP contribution in [-0.4, -0.2) is 21.8 Å². The van der Waals surface area contributed by atoms with Gasteiger partial charge < -0.3 is 5.21 Å². The third-order valence-corrected chi connectivity index (χ3v) is 3.41. The standard InChI is InChI=1S/C12H9ClFN3O2S/c1-6(17-19)10-5-20-12(15-10)16-11(18)8-3-2-7(13)4-9(8)14/h2-5,19H,1H3,(H,15,16,18). The van der Waals surface area contributed by atoms with E-state index in [2.05, 4.69) is 15.5 Å². The highest BCUT2D eigenvalue weighted by molar-refractivity contribution is 7.14. The summed E-state index contributed by atoms with van der Waals surface area (Å²) in [6.45, 7) is 1.57. The molecule has 0 unspecified atom stereocenters. The first-order valence-corrected chi connectivity index (χ1v) is 6.68. The summed E-state index contributed by atoms with van der Waals surface area (Å²) in [7, 11) is 0. The van der Waals surface area contributed by atoms with E-state index in [0.717, 1.165) is 17.4 Å². The molecule has 0 saturated carbocycles. The molecule has 0 bridgehead atoms. The number of benzene rings is 1. The fraction of sp³-hybridized carbons (Fsp3) is 0.0833. The maximum Gasteiger partial charge on any atom is 0.260 e. The second kappa shape index (κ2) is 5.98. The van der Waals surface area contributed by atoms with Crippen LogP contribution in [0.2, 0.25) is 5.02 Å². The minimum absolute atomic E-state index is 0.126. The molecule has 5 nitrogen and oxygen atoms in total. The first-order valence-electron chi connectivity index (χ1n) is 5.42. The highest BCUT2D eigenvalue weighted by Gasteiger charge is 2.14. The van der Waals surface area contributed by atoms with Gasteiger partial charge >= 0.3 is 0 Å². The van der Waals surface area contributed by atoms with Gasteiger partial charge in [-0.1, -0.05) is 16.8 Å². The van der Waals surface area contributed by atoms with Crippen LogP contribution in [0.25, 0.3) is 0 Å². The van der Waals surface area contributed by atoms with Crippen molar-refractivity contribution in [3.63, 3.8) is 0 Å². The third-order valence-electron chi connectivity index (χ3n) is 2.42. The first kappa shape index (κ1) is 14.4. The Morgan fingerprint density at radius 2 is 2.30 bits per heavy atom. The van der Waals surface area contributed by atoms with Crippen LogP contribution >= 0.6 is 22.9 Å². The average molecular weight is 314 g/mol. The lowest BCUT2D eigenvalue weighted by molar-refractivity contribution is 0.102. The predicted octanol–water partition coefficient (Wildman–Crippen LogP) is 3.39. The maximum atomic E-state index is 13.6. The Hall–Kier alpha value is -1.99. The Morgan fingerprint density at radius 3 is 2.95 bits per heavy atom. The second-order valence-electron chi connectivity index (χ2n) is 3.80. The number of halogens is 2. The van der Waals surface area contributed by atoms with E-state index in [-0.39, 0.29) is 15.7 Å². The van der Waals surface area contributed by atoms with Gasteiger partial charge in [-0.2, -0.15) is 0 Å². The number of amides is 1. The van der Waals surface area contributed by atoms with Crippen molar-refractivity contribution in [2.45, 2.75) is 6.92 Å². The molecule has 0 fully saturated rings. The zero-order chi connectivity index (χ0) is 14.7.